The van der Waals surface area contributed by atoms with Gasteiger partial charge in [0.05, 0.1) is 13.2 Å². The average Bonchev–Trinajstić information content (AvgIpc) is 3.11. The van der Waals surface area contributed by atoms with Crippen LogP contribution in [0.25, 0.3) is 10.9 Å². The van der Waals surface area contributed by atoms with E-state index in [9.17, 15) is 9.70 Å². The molecule has 1 saturated heterocycles. The summed E-state index contributed by atoms with van der Waals surface area (Å²) < 4.78 is 4.82. The van der Waals surface area contributed by atoms with Crippen LogP contribution in [0.15, 0.2) is 29.4 Å². The molecule has 4 atom stereocenters. The lowest BCUT2D eigenvalue weighted by molar-refractivity contribution is -0.142. The standard InChI is InChI=1S/C21H27N3O3/c1-3-17-14(12-16(23-26)21(25)27-2)19-13-8-4-5-9-15(13)22-20(19)18-10-6-7-11-24(17)18/h4-5,8-9,14,16-18,22H,3,6-7,10-12H2,1-2H3/t14-,16?,17-,18?/m1/s1. The van der Waals surface area contributed by atoms with Crippen LogP contribution < -0.4 is 0 Å². The fourth-order valence-corrected chi connectivity index (χ4v) is 5.28. The Morgan fingerprint density at radius 3 is 2.93 bits per heavy atom. The van der Waals surface area contributed by atoms with E-state index in [-0.39, 0.29) is 5.92 Å². The highest BCUT2D eigenvalue weighted by Crippen LogP contribution is 2.49. The maximum absolute atomic E-state index is 12.1. The lowest BCUT2D eigenvalue weighted by Gasteiger charge is -2.48. The first-order valence-corrected chi connectivity index (χ1v) is 9.96. The Morgan fingerprint density at radius 1 is 1.37 bits per heavy atom. The number of hydrogen-bond donors (Lipinski definition) is 1. The van der Waals surface area contributed by atoms with E-state index in [1.807, 2.05) is 6.07 Å². The number of aromatic nitrogens is 1. The second-order valence-electron chi connectivity index (χ2n) is 7.71. The van der Waals surface area contributed by atoms with E-state index in [2.05, 4.69) is 40.2 Å². The quantitative estimate of drug-likeness (QED) is 0.631. The fraction of sp³-hybridized carbons (Fsp3) is 0.571. The van der Waals surface area contributed by atoms with Gasteiger partial charge in [-0.2, -0.15) is 0 Å². The molecular formula is C21H27N3O3. The molecule has 27 heavy (non-hydrogen) atoms. The molecule has 6 nitrogen and oxygen atoms in total. The highest BCUT2D eigenvalue weighted by molar-refractivity contribution is 5.86. The number of hydrogen-bond acceptors (Lipinski definition) is 5. The molecule has 1 aromatic carbocycles. The molecule has 1 aromatic heterocycles. The Morgan fingerprint density at radius 2 is 2.19 bits per heavy atom. The molecule has 4 rings (SSSR count). The number of nitrogens with zero attached hydrogens (tertiary/aromatic N) is 2. The number of H-pyrrole nitrogens is 1. The minimum absolute atomic E-state index is 0.0808. The van der Waals surface area contributed by atoms with E-state index in [0.29, 0.717) is 18.5 Å². The highest BCUT2D eigenvalue weighted by atomic mass is 16.5. The molecule has 2 aliphatic rings. The molecule has 0 saturated carbocycles. The van der Waals surface area contributed by atoms with Crippen molar-refractivity contribution in [1.82, 2.24) is 9.88 Å². The first-order valence-electron chi connectivity index (χ1n) is 9.96. The number of methoxy groups -OCH3 is 1. The van der Waals surface area contributed by atoms with Crippen molar-refractivity contribution in [3.63, 3.8) is 0 Å². The summed E-state index contributed by atoms with van der Waals surface area (Å²) in [6.07, 6.45) is 4.95. The average molecular weight is 369 g/mol. The van der Waals surface area contributed by atoms with Gasteiger partial charge in [0.25, 0.3) is 0 Å². The van der Waals surface area contributed by atoms with E-state index < -0.39 is 12.0 Å². The second-order valence-corrected chi connectivity index (χ2v) is 7.71. The molecule has 6 heteroatoms. The summed E-state index contributed by atoms with van der Waals surface area (Å²) in [5.74, 6) is -0.459. The van der Waals surface area contributed by atoms with Crippen LogP contribution in [0.4, 0.5) is 0 Å². The number of aromatic amines is 1. The van der Waals surface area contributed by atoms with Crippen molar-refractivity contribution >= 4 is 16.9 Å². The normalized spacial score (nSPS) is 26.2. The highest BCUT2D eigenvalue weighted by Gasteiger charge is 2.44. The van der Waals surface area contributed by atoms with Gasteiger partial charge in [-0.1, -0.05) is 36.7 Å². The van der Waals surface area contributed by atoms with Gasteiger partial charge in [0.15, 0.2) is 6.04 Å². The summed E-state index contributed by atoms with van der Waals surface area (Å²) in [5.41, 5.74) is 3.67. The van der Waals surface area contributed by atoms with Crippen LogP contribution in [0.5, 0.6) is 0 Å². The molecule has 1 N–H and O–H groups in total. The van der Waals surface area contributed by atoms with Gasteiger partial charge in [-0.15, -0.1) is 4.91 Å². The number of carbonyl (C=O) groups is 1. The predicted octanol–water partition coefficient (Wildman–Crippen LogP) is 4.27. The molecule has 0 amide bonds. The number of piperidine rings is 1. The lowest BCUT2D eigenvalue weighted by Crippen LogP contribution is -2.49. The smallest absolute Gasteiger partial charge is 0.334 e. The van der Waals surface area contributed by atoms with E-state index in [1.165, 1.54) is 36.6 Å². The number of nitrogens with one attached hydrogen (secondary N) is 1. The third-order valence-corrected chi connectivity index (χ3v) is 6.41. The molecule has 2 aromatic rings. The lowest BCUT2D eigenvalue weighted by atomic mass is 9.75. The van der Waals surface area contributed by atoms with Gasteiger partial charge < -0.3 is 9.72 Å². The fourth-order valence-electron chi connectivity index (χ4n) is 5.28. The number of fused-ring (bicyclic) bond motifs is 5. The minimum Gasteiger partial charge on any atom is -0.467 e. The van der Waals surface area contributed by atoms with Crippen molar-refractivity contribution in [3.8, 4) is 0 Å². The van der Waals surface area contributed by atoms with E-state index in [1.54, 1.807) is 0 Å². The topological polar surface area (TPSA) is 74.8 Å². The number of ether oxygens (including phenoxy) is 1. The Kier molecular flexibility index (Phi) is 5.00. The van der Waals surface area contributed by atoms with Gasteiger partial charge in [-0.25, -0.2) is 4.79 Å². The molecule has 0 bridgehead atoms. The number of benzene rings is 1. The Hall–Kier alpha value is -2.21. The van der Waals surface area contributed by atoms with Gasteiger partial charge in [0, 0.05) is 28.6 Å². The number of carbonyl (C=O) groups excluding carboxylic acids is 1. The molecule has 0 aliphatic carbocycles. The summed E-state index contributed by atoms with van der Waals surface area (Å²) in [6.45, 7) is 3.26. The molecule has 1 fully saturated rings. The van der Waals surface area contributed by atoms with E-state index in [4.69, 9.17) is 4.74 Å². The zero-order chi connectivity index (χ0) is 19.0. The van der Waals surface area contributed by atoms with Crippen LogP contribution in [0, 0.1) is 4.91 Å². The summed E-state index contributed by atoms with van der Waals surface area (Å²) >= 11 is 0. The Balaban J connectivity index is 1.85. The predicted molar refractivity (Wildman–Crippen MR) is 105 cm³/mol. The van der Waals surface area contributed by atoms with Crippen LogP contribution >= 0.6 is 0 Å². The zero-order valence-corrected chi connectivity index (χ0v) is 16.0. The van der Waals surface area contributed by atoms with Crippen LogP contribution in [0.3, 0.4) is 0 Å². The van der Waals surface area contributed by atoms with Gasteiger partial charge in [-0.05, 0) is 43.9 Å². The third kappa shape index (κ3) is 2.96. The number of rotatable bonds is 5. The largest absolute Gasteiger partial charge is 0.467 e. The minimum atomic E-state index is -0.961. The summed E-state index contributed by atoms with van der Waals surface area (Å²) in [5, 5.41) is 4.31. The molecule has 2 aliphatic heterocycles. The van der Waals surface area contributed by atoms with Crippen LogP contribution in [-0.2, 0) is 9.53 Å². The van der Waals surface area contributed by atoms with E-state index >= 15 is 0 Å². The maximum atomic E-state index is 12.1. The third-order valence-electron chi connectivity index (χ3n) is 6.41. The van der Waals surface area contributed by atoms with E-state index in [0.717, 1.165) is 24.9 Å². The molecule has 2 unspecified atom stereocenters. The number of nitroso groups, excluding NO2 is 1. The zero-order valence-electron chi connectivity index (χ0n) is 16.0. The van der Waals surface area contributed by atoms with Crippen LogP contribution in [0.1, 0.15) is 62.2 Å². The van der Waals surface area contributed by atoms with Crippen LogP contribution in [0.2, 0.25) is 0 Å². The number of esters is 1. The van der Waals surface area contributed by atoms with Crippen molar-refractivity contribution in [2.24, 2.45) is 5.18 Å². The van der Waals surface area contributed by atoms with Crippen molar-refractivity contribution in [2.45, 2.75) is 63.1 Å². The molecule has 0 spiro atoms. The number of para-hydroxylation sites is 1. The first-order chi connectivity index (χ1) is 13.2. The van der Waals surface area contributed by atoms with Gasteiger partial charge in [-0.3, -0.25) is 4.90 Å². The van der Waals surface area contributed by atoms with Gasteiger partial charge in [0.1, 0.15) is 0 Å². The van der Waals surface area contributed by atoms with Crippen molar-refractivity contribution < 1.29 is 9.53 Å². The second kappa shape index (κ2) is 7.43. The molecular weight excluding hydrogens is 342 g/mol. The summed E-state index contributed by atoms with van der Waals surface area (Å²) in [4.78, 5) is 29.7. The van der Waals surface area contributed by atoms with Crippen molar-refractivity contribution in [1.29, 1.82) is 0 Å². The summed E-state index contributed by atoms with van der Waals surface area (Å²) in [6, 6.07) is 8.08. The SMILES string of the molecule is CC[C@@H]1[C@@H](CC(N=O)C(=O)OC)c2c([nH]c3ccccc23)C2CCCCN21. The van der Waals surface area contributed by atoms with Gasteiger partial charge in [0.2, 0.25) is 0 Å². The maximum Gasteiger partial charge on any atom is 0.334 e. The Bertz CT molecular complexity index is 846. The Labute approximate surface area is 159 Å². The van der Waals surface area contributed by atoms with Crippen molar-refractivity contribution in [2.75, 3.05) is 13.7 Å². The molecule has 3 heterocycles. The first kappa shape index (κ1) is 18.2. The van der Waals surface area contributed by atoms with Crippen LogP contribution in [-0.4, -0.2) is 41.6 Å². The summed E-state index contributed by atoms with van der Waals surface area (Å²) in [7, 11) is 1.32. The molecule has 144 valence electrons. The molecule has 0 radical (unpaired) electrons. The van der Waals surface area contributed by atoms with Crippen molar-refractivity contribution in [3.05, 3.63) is 40.4 Å². The van der Waals surface area contributed by atoms with Gasteiger partial charge >= 0.3 is 5.97 Å². The monoisotopic (exact) mass is 369 g/mol.